The molecule has 1 aliphatic carbocycles. The second kappa shape index (κ2) is 9.79. The summed E-state index contributed by atoms with van der Waals surface area (Å²) in [7, 11) is 1.71. The van der Waals surface area contributed by atoms with Crippen LogP contribution in [-0.4, -0.2) is 93.1 Å². The van der Waals surface area contributed by atoms with Crippen LogP contribution < -0.4 is 5.32 Å². The monoisotopic (exact) mass is 523 g/mol. The summed E-state index contributed by atoms with van der Waals surface area (Å²) in [6, 6.07) is 4.69. The quantitative estimate of drug-likeness (QED) is 0.640. The predicted octanol–water partition coefficient (Wildman–Crippen LogP) is 2.46. The molecule has 10 heteroatoms. The van der Waals surface area contributed by atoms with Gasteiger partial charge in [-0.2, -0.15) is 13.2 Å². The van der Waals surface area contributed by atoms with Crippen molar-refractivity contribution in [3.8, 4) is 0 Å². The first-order valence-corrected chi connectivity index (χ1v) is 13.4. The zero-order valence-corrected chi connectivity index (χ0v) is 21.3. The smallest absolute Gasteiger partial charge is 0.379 e. The second-order valence-electron chi connectivity index (χ2n) is 11.5. The van der Waals surface area contributed by atoms with E-state index in [1.54, 1.807) is 13.2 Å². The van der Waals surface area contributed by atoms with Gasteiger partial charge < -0.3 is 24.4 Å². The number of nitrogens with one attached hydrogen (secondary N) is 1. The van der Waals surface area contributed by atoms with Gasteiger partial charge in [0.2, 0.25) is 5.91 Å². The van der Waals surface area contributed by atoms with Crippen molar-refractivity contribution in [3.63, 3.8) is 0 Å². The molecule has 4 heterocycles. The van der Waals surface area contributed by atoms with Gasteiger partial charge in [-0.15, -0.1) is 0 Å². The van der Waals surface area contributed by atoms with Crippen molar-refractivity contribution in [2.75, 3.05) is 53.2 Å². The Morgan fingerprint density at radius 3 is 2.76 bits per heavy atom. The van der Waals surface area contributed by atoms with Crippen LogP contribution in [0.25, 0.3) is 0 Å². The number of likely N-dealkylation sites (tertiary alicyclic amines) is 1. The molecule has 1 amide bonds. The molecule has 0 aromatic heterocycles. The SMILES string of the molecule is COC1COCCC1NC1CC2CN(C3COC3)CC2(C(=O)N2CCc3ccc(C(F)(F)F)cc3C2)C1. The Morgan fingerprint density at radius 1 is 1.19 bits per heavy atom. The molecule has 7 nitrogen and oxygen atoms in total. The molecular formula is C27H36F3N3O4. The van der Waals surface area contributed by atoms with Crippen LogP contribution in [-0.2, 0) is 38.1 Å². The first-order valence-electron chi connectivity index (χ1n) is 13.4. The maximum absolute atomic E-state index is 14.3. The highest BCUT2D eigenvalue weighted by atomic mass is 19.4. The van der Waals surface area contributed by atoms with Gasteiger partial charge in [0.05, 0.1) is 42.9 Å². The molecule has 0 spiro atoms. The van der Waals surface area contributed by atoms with Gasteiger partial charge in [-0.25, -0.2) is 0 Å². The molecule has 3 saturated heterocycles. The minimum Gasteiger partial charge on any atom is -0.379 e. The molecule has 37 heavy (non-hydrogen) atoms. The van der Waals surface area contributed by atoms with Gasteiger partial charge in [0.1, 0.15) is 0 Å². The third-order valence-electron chi connectivity index (χ3n) is 9.35. The number of ether oxygens (including phenoxy) is 3. The Morgan fingerprint density at radius 2 is 2.03 bits per heavy atom. The van der Waals surface area contributed by atoms with Crippen LogP contribution in [0.15, 0.2) is 18.2 Å². The van der Waals surface area contributed by atoms with Crippen molar-refractivity contribution in [2.45, 2.75) is 62.6 Å². The number of fused-ring (bicyclic) bond motifs is 2. The third-order valence-corrected chi connectivity index (χ3v) is 9.35. The van der Waals surface area contributed by atoms with Gasteiger partial charge in [-0.05, 0) is 54.9 Å². The Bertz CT molecular complexity index is 1020. The lowest BCUT2D eigenvalue weighted by Crippen LogP contribution is -2.54. The fourth-order valence-electron chi connectivity index (χ4n) is 7.24. The fourth-order valence-corrected chi connectivity index (χ4v) is 7.24. The van der Waals surface area contributed by atoms with E-state index < -0.39 is 17.2 Å². The van der Waals surface area contributed by atoms with Crippen molar-refractivity contribution in [1.82, 2.24) is 15.1 Å². The van der Waals surface area contributed by atoms with Gasteiger partial charge in [-0.1, -0.05) is 6.07 Å². The molecule has 4 aliphatic heterocycles. The Balaban J connectivity index is 1.22. The number of halogens is 3. The minimum atomic E-state index is -4.39. The van der Waals surface area contributed by atoms with Crippen LogP contribution in [0.3, 0.4) is 0 Å². The molecule has 4 fully saturated rings. The molecule has 1 aromatic rings. The van der Waals surface area contributed by atoms with E-state index in [0.717, 1.165) is 37.4 Å². The van der Waals surface area contributed by atoms with E-state index in [9.17, 15) is 18.0 Å². The van der Waals surface area contributed by atoms with Crippen LogP contribution in [0.2, 0.25) is 0 Å². The number of hydrogen-bond donors (Lipinski definition) is 1. The highest BCUT2D eigenvalue weighted by Crippen LogP contribution is 2.51. The molecule has 204 valence electrons. The average Bonchev–Trinajstić information content (AvgIpc) is 3.36. The molecule has 0 bridgehead atoms. The number of methoxy groups -OCH3 is 1. The summed E-state index contributed by atoms with van der Waals surface area (Å²) >= 11 is 0. The maximum Gasteiger partial charge on any atom is 0.416 e. The molecular weight excluding hydrogens is 487 g/mol. The van der Waals surface area contributed by atoms with Crippen molar-refractivity contribution in [2.24, 2.45) is 11.3 Å². The van der Waals surface area contributed by atoms with Crippen molar-refractivity contribution in [3.05, 3.63) is 34.9 Å². The first-order chi connectivity index (χ1) is 17.8. The standard InChI is InChI=1S/C27H36F3N3O4/c1-35-24-15-36-7-5-23(24)31-21-9-20-12-33(22-13-37-14-22)16-26(20,10-21)25(34)32-6-4-17-2-3-19(27(28,29)30)8-18(17)11-32/h2-3,8,20-24,31H,4-7,9-16H2,1H3. The van der Waals surface area contributed by atoms with Gasteiger partial charge in [-0.3, -0.25) is 9.69 Å². The third kappa shape index (κ3) is 4.69. The molecule has 1 saturated carbocycles. The van der Waals surface area contributed by atoms with Crippen molar-refractivity contribution in [1.29, 1.82) is 0 Å². The van der Waals surface area contributed by atoms with Gasteiger partial charge in [0.25, 0.3) is 0 Å². The summed E-state index contributed by atoms with van der Waals surface area (Å²) in [6.45, 7) is 5.00. The van der Waals surface area contributed by atoms with E-state index in [-0.39, 0.29) is 36.6 Å². The number of carbonyl (C=O) groups is 1. The highest BCUT2D eigenvalue weighted by Gasteiger charge is 2.60. The second-order valence-corrected chi connectivity index (χ2v) is 11.5. The van der Waals surface area contributed by atoms with Crippen LogP contribution in [0, 0.1) is 11.3 Å². The molecule has 1 N–H and O–H groups in total. The Hall–Kier alpha value is -1.72. The normalized spacial score (nSPS) is 34.8. The summed E-state index contributed by atoms with van der Waals surface area (Å²) in [4.78, 5) is 18.5. The van der Waals surface area contributed by atoms with Crippen molar-refractivity contribution < 1.29 is 32.2 Å². The summed E-state index contributed by atoms with van der Waals surface area (Å²) in [5.74, 6) is 0.310. The summed E-state index contributed by atoms with van der Waals surface area (Å²) in [6.07, 6.45) is -1.30. The Labute approximate surface area is 215 Å². The molecule has 5 aliphatic rings. The number of carbonyl (C=O) groups excluding carboxylic acids is 1. The van der Waals surface area contributed by atoms with E-state index in [4.69, 9.17) is 14.2 Å². The highest BCUT2D eigenvalue weighted by molar-refractivity contribution is 5.84. The first kappa shape index (κ1) is 25.6. The van der Waals surface area contributed by atoms with E-state index >= 15 is 0 Å². The zero-order valence-electron chi connectivity index (χ0n) is 21.3. The van der Waals surface area contributed by atoms with Gasteiger partial charge in [0, 0.05) is 52.0 Å². The lowest BCUT2D eigenvalue weighted by Gasteiger charge is -2.40. The van der Waals surface area contributed by atoms with E-state index in [0.29, 0.717) is 57.5 Å². The van der Waals surface area contributed by atoms with Gasteiger partial charge >= 0.3 is 6.18 Å². The largest absolute Gasteiger partial charge is 0.416 e. The predicted molar refractivity (Wildman–Crippen MR) is 129 cm³/mol. The van der Waals surface area contributed by atoms with Crippen LogP contribution in [0.4, 0.5) is 13.2 Å². The maximum atomic E-state index is 14.3. The molecule has 1 aromatic carbocycles. The summed E-state index contributed by atoms with van der Waals surface area (Å²) < 4.78 is 56.7. The summed E-state index contributed by atoms with van der Waals surface area (Å²) in [5, 5.41) is 3.80. The Kier molecular flexibility index (Phi) is 6.76. The van der Waals surface area contributed by atoms with Crippen molar-refractivity contribution >= 4 is 5.91 Å². The summed E-state index contributed by atoms with van der Waals surface area (Å²) in [5.41, 5.74) is 0.340. The van der Waals surface area contributed by atoms with Crippen LogP contribution in [0.1, 0.15) is 36.0 Å². The number of alkyl halides is 3. The number of benzene rings is 1. The molecule has 5 atom stereocenters. The average molecular weight is 524 g/mol. The fraction of sp³-hybridized carbons (Fsp3) is 0.741. The number of hydrogen-bond acceptors (Lipinski definition) is 6. The topological polar surface area (TPSA) is 63.3 Å². The lowest BCUT2D eigenvalue weighted by molar-refractivity contribution is -0.144. The molecule has 0 radical (unpaired) electrons. The lowest BCUT2D eigenvalue weighted by atomic mass is 9.78. The van der Waals surface area contributed by atoms with E-state index in [1.165, 1.54) is 6.07 Å². The number of rotatable bonds is 5. The van der Waals surface area contributed by atoms with Crippen LogP contribution in [0.5, 0.6) is 0 Å². The number of nitrogens with zero attached hydrogens (tertiary/aromatic N) is 2. The molecule has 5 unspecified atom stereocenters. The zero-order chi connectivity index (χ0) is 25.8. The van der Waals surface area contributed by atoms with E-state index in [1.807, 2.05) is 4.90 Å². The van der Waals surface area contributed by atoms with Gasteiger partial charge in [0.15, 0.2) is 0 Å². The van der Waals surface area contributed by atoms with Crippen LogP contribution >= 0.6 is 0 Å². The number of amides is 1. The minimum absolute atomic E-state index is 0.00843. The molecule has 6 rings (SSSR count). The van der Waals surface area contributed by atoms with E-state index in [2.05, 4.69) is 10.2 Å².